The Morgan fingerprint density at radius 3 is 2.48 bits per heavy atom. The molecule has 0 aromatic heterocycles. The van der Waals surface area contributed by atoms with E-state index < -0.39 is 17.4 Å². The summed E-state index contributed by atoms with van der Waals surface area (Å²) in [5.41, 5.74) is -0.291. The molecule has 0 aliphatic heterocycles. The van der Waals surface area contributed by atoms with Crippen LogP contribution in [0, 0.1) is 10.8 Å². The van der Waals surface area contributed by atoms with Gasteiger partial charge in [0, 0.05) is 4.90 Å². The van der Waals surface area contributed by atoms with Gasteiger partial charge in [0.2, 0.25) is 0 Å². The molecular weight excluding hydrogens is 284 g/mol. The Bertz CT molecular complexity index is 565. The molecule has 114 valence electrons. The third-order valence-electron chi connectivity index (χ3n) is 4.91. The molecule has 1 unspecified atom stereocenters. The number of esters is 2. The zero-order valence-corrected chi connectivity index (χ0v) is 13.9. The van der Waals surface area contributed by atoms with Crippen LogP contribution in [-0.4, -0.2) is 18.2 Å². The van der Waals surface area contributed by atoms with Crippen LogP contribution in [0.1, 0.15) is 50.4 Å². The van der Waals surface area contributed by atoms with Crippen molar-refractivity contribution >= 4 is 23.7 Å². The average molecular weight is 306 g/mol. The highest BCUT2D eigenvalue weighted by molar-refractivity contribution is 7.98. The molecule has 0 spiro atoms. The SMILES string of the molecule is CSc1cccc(C(=O)OC(=O)C2(C)CCCC2(C)C)c1. The van der Waals surface area contributed by atoms with Gasteiger partial charge in [-0.25, -0.2) is 4.79 Å². The number of thioether (sulfide) groups is 1. The summed E-state index contributed by atoms with van der Waals surface area (Å²) >= 11 is 1.55. The number of hydrogen-bond acceptors (Lipinski definition) is 4. The van der Waals surface area contributed by atoms with E-state index in [1.807, 2.05) is 19.2 Å². The van der Waals surface area contributed by atoms with Gasteiger partial charge in [0.1, 0.15) is 0 Å². The highest BCUT2D eigenvalue weighted by Crippen LogP contribution is 2.53. The van der Waals surface area contributed by atoms with Gasteiger partial charge in [-0.2, -0.15) is 0 Å². The smallest absolute Gasteiger partial charge is 0.345 e. The van der Waals surface area contributed by atoms with Crippen LogP contribution in [0.4, 0.5) is 0 Å². The van der Waals surface area contributed by atoms with Crippen LogP contribution in [0.15, 0.2) is 29.2 Å². The van der Waals surface area contributed by atoms with E-state index in [-0.39, 0.29) is 5.41 Å². The maximum absolute atomic E-state index is 12.5. The van der Waals surface area contributed by atoms with Crippen LogP contribution in [-0.2, 0) is 9.53 Å². The maximum atomic E-state index is 12.5. The van der Waals surface area contributed by atoms with Crippen molar-refractivity contribution < 1.29 is 14.3 Å². The fraction of sp³-hybridized carbons (Fsp3) is 0.529. The first-order chi connectivity index (χ1) is 9.80. The topological polar surface area (TPSA) is 43.4 Å². The molecular formula is C17H22O3S. The van der Waals surface area contributed by atoms with Crippen LogP contribution in [0.2, 0.25) is 0 Å². The number of ether oxygens (including phenoxy) is 1. The van der Waals surface area contributed by atoms with Gasteiger partial charge in [-0.15, -0.1) is 11.8 Å². The van der Waals surface area contributed by atoms with E-state index in [2.05, 4.69) is 13.8 Å². The Morgan fingerprint density at radius 2 is 1.90 bits per heavy atom. The van der Waals surface area contributed by atoms with Gasteiger partial charge in [-0.1, -0.05) is 26.3 Å². The Morgan fingerprint density at radius 1 is 1.19 bits per heavy atom. The molecule has 1 aliphatic rings. The van der Waals surface area contributed by atoms with E-state index in [0.717, 1.165) is 24.2 Å². The lowest BCUT2D eigenvalue weighted by Crippen LogP contribution is -2.40. The van der Waals surface area contributed by atoms with Crippen molar-refractivity contribution in [2.24, 2.45) is 10.8 Å². The van der Waals surface area contributed by atoms with E-state index in [1.54, 1.807) is 30.0 Å². The molecule has 2 rings (SSSR count). The lowest BCUT2D eigenvalue weighted by atomic mass is 9.69. The standard InChI is InChI=1S/C17H22O3S/c1-16(2)9-6-10-17(16,3)15(19)20-14(18)12-7-5-8-13(11-12)21-4/h5,7-8,11H,6,9-10H2,1-4H3. The third kappa shape index (κ3) is 3.00. The van der Waals surface area contributed by atoms with Gasteiger partial charge in [-0.05, 0) is 49.6 Å². The van der Waals surface area contributed by atoms with Crippen LogP contribution in [0.5, 0.6) is 0 Å². The molecule has 1 saturated carbocycles. The molecule has 0 heterocycles. The first kappa shape index (κ1) is 16.1. The second-order valence-corrected chi connectivity index (χ2v) is 7.36. The van der Waals surface area contributed by atoms with Crippen molar-refractivity contribution in [2.45, 2.75) is 44.9 Å². The predicted molar refractivity (Wildman–Crippen MR) is 84.4 cm³/mol. The Kier molecular flexibility index (Phi) is 4.47. The van der Waals surface area contributed by atoms with Crippen molar-refractivity contribution in [1.29, 1.82) is 0 Å². The molecule has 0 bridgehead atoms. The number of benzene rings is 1. The number of carbonyl (C=O) groups is 2. The first-order valence-electron chi connectivity index (χ1n) is 7.21. The predicted octanol–water partition coefficient (Wildman–Crippen LogP) is 4.31. The van der Waals surface area contributed by atoms with Gasteiger partial charge < -0.3 is 4.74 Å². The number of hydrogen-bond donors (Lipinski definition) is 0. The van der Waals surface area contributed by atoms with E-state index >= 15 is 0 Å². The molecule has 0 amide bonds. The summed E-state index contributed by atoms with van der Waals surface area (Å²) in [6, 6.07) is 7.15. The molecule has 21 heavy (non-hydrogen) atoms. The van der Waals surface area contributed by atoms with E-state index in [4.69, 9.17) is 4.74 Å². The lowest BCUT2D eigenvalue weighted by Gasteiger charge is -2.35. The van der Waals surface area contributed by atoms with Crippen molar-refractivity contribution in [2.75, 3.05) is 6.26 Å². The minimum atomic E-state index is -0.584. The van der Waals surface area contributed by atoms with Crippen molar-refractivity contribution in [3.63, 3.8) is 0 Å². The van der Waals surface area contributed by atoms with Gasteiger partial charge in [0.15, 0.2) is 0 Å². The molecule has 1 fully saturated rings. The molecule has 1 aromatic rings. The average Bonchev–Trinajstić information content (AvgIpc) is 2.73. The quantitative estimate of drug-likeness (QED) is 0.474. The van der Waals surface area contributed by atoms with E-state index in [9.17, 15) is 9.59 Å². The second kappa shape index (κ2) is 5.84. The van der Waals surface area contributed by atoms with Gasteiger partial charge >= 0.3 is 11.9 Å². The first-order valence-corrected chi connectivity index (χ1v) is 8.43. The zero-order valence-electron chi connectivity index (χ0n) is 13.1. The molecule has 0 saturated heterocycles. The summed E-state index contributed by atoms with van der Waals surface area (Å²) in [7, 11) is 0. The summed E-state index contributed by atoms with van der Waals surface area (Å²) in [6.07, 6.45) is 4.69. The fourth-order valence-corrected chi connectivity index (χ4v) is 3.34. The Labute approximate surface area is 130 Å². The van der Waals surface area contributed by atoms with Crippen molar-refractivity contribution in [1.82, 2.24) is 0 Å². The molecule has 0 radical (unpaired) electrons. The van der Waals surface area contributed by atoms with Crippen LogP contribution in [0.3, 0.4) is 0 Å². The van der Waals surface area contributed by atoms with Gasteiger partial charge in [0.05, 0.1) is 11.0 Å². The summed E-state index contributed by atoms with van der Waals surface area (Å²) in [5.74, 6) is -0.954. The normalized spacial score (nSPS) is 23.8. The Hall–Kier alpha value is -1.29. The van der Waals surface area contributed by atoms with Crippen LogP contribution < -0.4 is 0 Å². The fourth-order valence-electron chi connectivity index (χ4n) is 2.88. The second-order valence-electron chi connectivity index (χ2n) is 6.48. The molecule has 3 nitrogen and oxygen atoms in total. The maximum Gasteiger partial charge on any atom is 0.345 e. The largest absolute Gasteiger partial charge is 0.389 e. The summed E-state index contributed by atoms with van der Waals surface area (Å²) in [4.78, 5) is 25.6. The monoisotopic (exact) mass is 306 g/mol. The molecule has 1 atom stereocenters. The summed E-state index contributed by atoms with van der Waals surface area (Å²) in [6.45, 7) is 6.05. The Balaban J connectivity index is 2.14. The van der Waals surface area contributed by atoms with Crippen molar-refractivity contribution in [3.8, 4) is 0 Å². The minimum absolute atomic E-state index is 0.133. The molecule has 4 heteroatoms. The highest BCUT2D eigenvalue weighted by Gasteiger charge is 2.52. The number of rotatable bonds is 3. The minimum Gasteiger partial charge on any atom is -0.389 e. The van der Waals surface area contributed by atoms with E-state index in [0.29, 0.717) is 5.56 Å². The summed E-state index contributed by atoms with van der Waals surface area (Å²) in [5, 5.41) is 0. The third-order valence-corrected chi connectivity index (χ3v) is 5.64. The summed E-state index contributed by atoms with van der Waals surface area (Å²) < 4.78 is 5.17. The van der Waals surface area contributed by atoms with Gasteiger partial charge in [-0.3, -0.25) is 4.79 Å². The number of carbonyl (C=O) groups excluding carboxylic acids is 2. The molecule has 1 aliphatic carbocycles. The van der Waals surface area contributed by atoms with E-state index in [1.165, 1.54) is 0 Å². The molecule has 0 N–H and O–H groups in total. The van der Waals surface area contributed by atoms with Crippen LogP contribution >= 0.6 is 11.8 Å². The lowest BCUT2D eigenvalue weighted by molar-refractivity contribution is -0.154. The molecule has 1 aromatic carbocycles. The van der Waals surface area contributed by atoms with Gasteiger partial charge in [0.25, 0.3) is 0 Å². The zero-order chi connectivity index (χ0) is 15.7. The van der Waals surface area contributed by atoms with Crippen molar-refractivity contribution in [3.05, 3.63) is 29.8 Å². The van der Waals surface area contributed by atoms with Crippen LogP contribution in [0.25, 0.3) is 0 Å². The highest BCUT2D eigenvalue weighted by atomic mass is 32.2.